The third-order valence-corrected chi connectivity index (χ3v) is 5.82. The number of piperidine rings is 1. The highest BCUT2D eigenvalue weighted by Crippen LogP contribution is 2.37. The Hall–Kier alpha value is -2.16. The van der Waals surface area contributed by atoms with Gasteiger partial charge in [-0.2, -0.15) is 0 Å². The van der Waals surface area contributed by atoms with Gasteiger partial charge in [-0.15, -0.1) is 0 Å². The molecule has 1 N–H and O–H groups in total. The molecule has 144 valence electrons. The molecule has 1 aliphatic rings. The third-order valence-electron chi connectivity index (χ3n) is 4.61. The smallest absolute Gasteiger partial charge is 0.407 e. The molecule has 2 aromatic rings. The van der Waals surface area contributed by atoms with Crippen LogP contribution in [0.1, 0.15) is 18.5 Å². The highest BCUT2D eigenvalue weighted by molar-refractivity contribution is 7.80. The van der Waals surface area contributed by atoms with Crippen molar-refractivity contribution in [3.63, 3.8) is 0 Å². The number of aryl methyl sites for hydroxylation is 1. The van der Waals surface area contributed by atoms with Crippen molar-refractivity contribution < 1.29 is 18.7 Å². The Morgan fingerprint density at radius 1 is 1.30 bits per heavy atom. The van der Waals surface area contributed by atoms with Gasteiger partial charge in [0.15, 0.2) is 0 Å². The number of hydrogen-bond acceptors (Lipinski definition) is 4. The molecule has 1 saturated heterocycles. The van der Waals surface area contributed by atoms with Crippen molar-refractivity contribution in [3.8, 4) is 11.3 Å². The highest BCUT2D eigenvalue weighted by Gasteiger charge is 2.29. The lowest BCUT2D eigenvalue weighted by Crippen LogP contribution is -2.47. The van der Waals surface area contributed by atoms with E-state index in [0.717, 1.165) is 5.69 Å². The van der Waals surface area contributed by atoms with Crippen LogP contribution in [0.25, 0.3) is 11.3 Å². The van der Waals surface area contributed by atoms with E-state index in [1.54, 1.807) is 18.2 Å². The average molecular weight is 409 g/mol. The van der Waals surface area contributed by atoms with Crippen molar-refractivity contribution in [2.75, 3.05) is 17.4 Å². The molecule has 0 spiro atoms. The molecule has 1 amide bonds. The average Bonchev–Trinajstić information content (AvgIpc) is 2.63. The molecule has 1 unspecified atom stereocenters. The van der Waals surface area contributed by atoms with Gasteiger partial charge in [0, 0.05) is 41.7 Å². The van der Waals surface area contributed by atoms with Crippen molar-refractivity contribution in [1.29, 1.82) is 0 Å². The molecule has 1 atom stereocenters. The molecule has 1 fully saturated rings. The minimum atomic E-state index is -2.54. The molecule has 9 heteroatoms. The molecule has 1 aromatic heterocycles. The summed E-state index contributed by atoms with van der Waals surface area (Å²) in [6.45, 7) is 2.44. The fourth-order valence-corrected chi connectivity index (χ4v) is 4.40. The summed E-state index contributed by atoms with van der Waals surface area (Å²) in [4.78, 5) is 16.8. The van der Waals surface area contributed by atoms with E-state index in [0.29, 0.717) is 34.8 Å². The first-order chi connectivity index (χ1) is 12.9. The van der Waals surface area contributed by atoms with Gasteiger partial charge in [-0.1, -0.05) is 29.8 Å². The lowest BCUT2D eigenvalue weighted by Gasteiger charge is -2.39. The first-order valence-corrected chi connectivity index (χ1v) is 9.88. The molecule has 0 bridgehead atoms. The van der Waals surface area contributed by atoms with E-state index in [2.05, 4.69) is 4.98 Å². The number of benzene rings is 1. The van der Waals surface area contributed by atoms with E-state index >= 15 is 0 Å². The van der Waals surface area contributed by atoms with Crippen LogP contribution in [0.2, 0.25) is 5.02 Å². The first kappa shape index (κ1) is 19.6. The number of anilines is 1. The molecule has 0 radical (unpaired) electrons. The summed E-state index contributed by atoms with van der Waals surface area (Å²) in [6, 6.07) is 10.4. The van der Waals surface area contributed by atoms with E-state index in [1.165, 1.54) is 9.21 Å². The Labute approximate surface area is 165 Å². The van der Waals surface area contributed by atoms with Crippen LogP contribution in [0.3, 0.4) is 0 Å². The van der Waals surface area contributed by atoms with E-state index in [1.807, 2.05) is 25.1 Å². The third kappa shape index (κ3) is 4.23. The SMILES string of the molecule is Cc1cccc(-c2cccc(N(C3CCN(C(=O)O)CC3)S(=O)[O-])c2Cl)n1. The van der Waals surface area contributed by atoms with Crippen molar-refractivity contribution in [3.05, 3.63) is 47.1 Å². The Kier molecular flexibility index (Phi) is 5.98. The normalized spacial score (nSPS) is 16.2. The lowest BCUT2D eigenvalue weighted by molar-refractivity contribution is 0.133. The van der Waals surface area contributed by atoms with Gasteiger partial charge in [-0.25, -0.2) is 4.79 Å². The van der Waals surface area contributed by atoms with Crippen LogP contribution in [0.15, 0.2) is 36.4 Å². The first-order valence-electron chi connectivity index (χ1n) is 8.47. The minimum absolute atomic E-state index is 0.282. The van der Waals surface area contributed by atoms with Crippen molar-refractivity contribution in [1.82, 2.24) is 9.88 Å². The van der Waals surface area contributed by atoms with Gasteiger partial charge < -0.3 is 14.6 Å². The van der Waals surface area contributed by atoms with E-state index in [-0.39, 0.29) is 19.1 Å². The van der Waals surface area contributed by atoms with Crippen LogP contribution in [0.4, 0.5) is 10.5 Å². The van der Waals surface area contributed by atoms with Crippen LogP contribution < -0.4 is 4.31 Å². The number of likely N-dealkylation sites (tertiary alicyclic amines) is 1. The van der Waals surface area contributed by atoms with Gasteiger partial charge >= 0.3 is 6.09 Å². The van der Waals surface area contributed by atoms with Crippen LogP contribution >= 0.6 is 11.6 Å². The summed E-state index contributed by atoms with van der Waals surface area (Å²) in [5.41, 5.74) is 2.52. The number of rotatable bonds is 4. The van der Waals surface area contributed by atoms with Gasteiger partial charge in [0.25, 0.3) is 0 Å². The topological polar surface area (TPSA) is 96.8 Å². The van der Waals surface area contributed by atoms with Crippen LogP contribution in [0, 0.1) is 6.92 Å². The summed E-state index contributed by atoms with van der Waals surface area (Å²) >= 11 is 4.03. The van der Waals surface area contributed by atoms with Gasteiger partial charge in [0.1, 0.15) is 0 Å². The number of aromatic nitrogens is 1. The second-order valence-electron chi connectivity index (χ2n) is 6.35. The number of hydrogen-bond donors (Lipinski definition) is 1. The second kappa shape index (κ2) is 8.24. The van der Waals surface area contributed by atoms with Crippen molar-refractivity contribution >= 4 is 34.6 Å². The predicted octanol–water partition coefficient (Wildman–Crippen LogP) is 3.45. The summed E-state index contributed by atoms with van der Waals surface area (Å²) in [6.07, 6.45) is -0.179. The van der Waals surface area contributed by atoms with Crippen LogP contribution in [0.5, 0.6) is 0 Å². The number of halogens is 1. The molecule has 7 nitrogen and oxygen atoms in total. The molecular formula is C18H19ClN3O4S-. The monoisotopic (exact) mass is 408 g/mol. The molecule has 3 rings (SSSR count). The summed E-state index contributed by atoms with van der Waals surface area (Å²) in [5.74, 6) is 0. The Morgan fingerprint density at radius 2 is 1.96 bits per heavy atom. The number of pyridine rings is 1. The second-order valence-corrected chi connectivity index (χ2v) is 7.55. The maximum absolute atomic E-state index is 12.0. The molecule has 27 heavy (non-hydrogen) atoms. The zero-order valence-electron chi connectivity index (χ0n) is 14.7. The summed E-state index contributed by atoms with van der Waals surface area (Å²) < 4.78 is 25.2. The predicted molar refractivity (Wildman–Crippen MR) is 103 cm³/mol. The fraction of sp³-hybridized carbons (Fsp3) is 0.333. The molecule has 1 aromatic carbocycles. The fourth-order valence-electron chi connectivity index (χ4n) is 3.27. The number of nitrogens with zero attached hydrogens (tertiary/aromatic N) is 3. The molecule has 0 aliphatic carbocycles. The quantitative estimate of drug-likeness (QED) is 0.781. The van der Waals surface area contributed by atoms with Gasteiger partial charge in [0.2, 0.25) is 0 Å². The maximum Gasteiger partial charge on any atom is 0.407 e. The molecule has 1 aliphatic heterocycles. The van der Waals surface area contributed by atoms with E-state index < -0.39 is 17.4 Å². The molecular weight excluding hydrogens is 390 g/mol. The highest BCUT2D eigenvalue weighted by atomic mass is 35.5. The zero-order valence-corrected chi connectivity index (χ0v) is 16.2. The van der Waals surface area contributed by atoms with E-state index in [4.69, 9.17) is 16.7 Å². The number of carboxylic acid groups (broad SMARTS) is 1. The molecule has 0 saturated carbocycles. The van der Waals surface area contributed by atoms with Crippen molar-refractivity contribution in [2.24, 2.45) is 0 Å². The lowest BCUT2D eigenvalue weighted by atomic mass is 10.0. The standard InChI is InChI=1S/C18H20ClN3O4S/c1-12-4-2-6-15(20-12)14-5-3-7-16(17(14)19)22(27(25)26)13-8-10-21(11-9-13)18(23)24/h2-7,13H,8-11H2,1H3,(H,23,24)(H,25,26)/p-1. The minimum Gasteiger partial charge on any atom is -0.755 e. The maximum atomic E-state index is 12.0. The summed E-state index contributed by atoms with van der Waals surface area (Å²) in [5, 5.41) is 9.39. The van der Waals surface area contributed by atoms with Gasteiger partial charge in [-0.3, -0.25) is 13.5 Å². The number of carbonyl (C=O) groups is 1. The van der Waals surface area contributed by atoms with Gasteiger partial charge in [0.05, 0.1) is 16.4 Å². The van der Waals surface area contributed by atoms with Gasteiger partial charge in [-0.05, 0) is 38.0 Å². The van der Waals surface area contributed by atoms with E-state index in [9.17, 15) is 13.6 Å². The Morgan fingerprint density at radius 3 is 2.56 bits per heavy atom. The summed E-state index contributed by atoms with van der Waals surface area (Å²) in [7, 11) is 0. The molecule has 2 heterocycles. The zero-order chi connectivity index (χ0) is 19.6. The largest absolute Gasteiger partial charge is 0.755 e. The van der Waals surface area contributed by atoms with Crippen molar-refractivity contribution in [2.45, 2.75) is 25.8 Å². The Bertz CT molecular complexity index is 871. The Balaban J connectivity index is 1.94. The van der Waals surface area contributed by atoms with Crippen LogP contribution in [-0.4, -0.2) is 49.0 Å². The van der Waals surface area contributed by atoms with Crippen LogP contribution in [-0.2, 0) is 11.3 Å². The number of amides is 1.